The Morgan fingerprint density at radius 2 is 2.00 bits per heavy atom. The fourth-order valence-electron chi connectivity index (χ4n) is 2.98. The van der Waals surface area contributed by atoms with Gasteiger partial charge in [-0.2, -0.15) is 0 Å². The highest BCUT2D eigenvalue weighted by Gasteiger charge is 2.29. The summed E-state index contributed by atoms with van der Waals surface area (Å²) in [7, 11) is -3.48. The lowest BCUT2D eigenvalue weighted by molar-refractivity contribution is -0.133. The number of thiophene rings is 1. The first kappa shape index (κ1) is 17.5. The van der Waals surface area contributed by atoms with Crippen LogP contribution in [0.3, 0.4) is 0 Å². The van der Waals surface area contributed by atoms with E-state index in [0.29, 0.717) is 11.6 Å². The molecule has 128 valence electrons. The molecule has 2 heterocycles. The standard InChI is InChI=1S/C17H18ClNO3S2/c1-12-15-7-10-23-16(15)6-9-19(12)17(20)8-11-24(21,22)14-4-2-13(18)3-5-14/h2-5,7,10,12H,6,8-9,11H2,1H3/t12-/m0/s1. The maximum Gasteiger partial charge on any atom is 0.224 e. The average molecular weight is 384 g/mol. The van der Waals surface area contributed by atoms with Crippen LogP contribution in [0.1, 0.15) is 29.8 Å². The molecule has 3 rings (SSSR count). The van der Waals surface area contributed by atoms with Crippen LogP contribution in [0.2, 0.25) is 5.02 Å². The molecule has 1 amide bonds. The van der Waals surface area contributed by atoms with Crippen molar-refractivity contribution in [1.82, 2.24) is 4.90 Å². The van der Waals surface area contributed by atoms with Gasteiger partial charge in [0.05, 0.1) is 16.7 Å². The minimum absolute atomic E-state index is 0.00519. The number of benzene rings is 1. The van der Waals surface area contributed by atoms with Crippen molar-refractivity contribution >= 4 is 38.7 Å². The summed E-state index contributed by atoms with van der Waals surface area (Å²) in [6.07, 6.45) is 0.835. The molecule has 0 fully saturated rings. The van der Waals surface area contributed by atoms with Gasteiger partial charge in [0.2, 0.25) is 5.91 Å². The number of hydrogen-bond donors (Lipinski definition) is 0. The molecule has 1 atom stereocenters. The Hall–Kier alpha value is -1.37. The number of halogens is 1. The SMILES string of the molecule is C[C@H]1c2ccsc2CCN1C(=O)CCS(=O)(=O)c1ccc(Cl)cc1. The number of fused-ring (bicyclic) bond motifs is 1. The van der Waals surface area contributed by atoms with Crippen molar-refractivity contribution in [2.45, 2.75) is 30.7 Å². The Kier molecular flexibility index (Phi) is 4.99. The van der Waals surface area contributed by atoms with E-state index < -0.39 is 9.84 Å². The highest BCUT2D eigenvalue weighted by Crippen LogP contribution is 2.33. The second-order valence-corrected chi connectivity index (χ2v) is 9.38. The van der Waals surface area contributed by atoms with Crippen LogP contribution in [-0.2, 0) is 21.1 Å². The number of sulfone groups is 1. The third kappa shape index (κ3) is 3.50. The van der Waals surface area contributed by atoms with Crippen LogP contribution in [0.15, 0.2) is 40.6 Å². The van der Waals surface area contributed by atoms with E-state index in [0.717, 1.165) is 6.42 Å². The van der Waals surface area contributed by atoms with E-state index in [2.05, 4.69) is 6.07 Å². The van der Waals surface area contributed by atoms with Crippen LogP contribution in [-0.4, -0.2) is 31.5 Å². The van der Waals surface area contributed by atoms with Gasteiger partial charge in [-0.1, -0.05) is 11.6 Å². The van der Waals surface area contributed by atoms with Crippen LogP contribution < -0.4 is 0 Å². The van der Waals surface area contributed by atoms with E-state index in [1.54, 1.807) is 28.4 Å². The molecule has 0 saturated heterocycles. The molecule has 0 N–H and O–H groups in total. The number of hydrogen-bond acceptors (Lipinski definition) is 4. The Morgan fingerprint density at radius 3 is 2.71 bits per heavy atom. The third-order valence-electron chi connectivity index (χ3n) is 4.35. The van der Waals surface area contributed by atoms with Gasteiger partial charge in [0.25, 0.3) is 0 Å². The molecule has 0 aliphatic carbocycles. The van der Waals surface area contributed by atoms with Crippen molar-refractivity contribution in [1.29, 1.82) is 0 Å². The molecule has 7 heteroatoms. The van der Waals surface area contributed by atoms with Gasteiger partial charge in [-0.25, -0.2) is 8.42 Å². The van der Waals surface area contributed by atoms with E-state index in [1.807, 2.05) is 12.3 Å². The van der Waals surface area contributed by atoms with Gasteiger partial charge in [-0.15, -0.1) is 11.3 Å². The molecule has 0 saturated carbocycles. The topological polar surface area (TPSA) is 54.5 Å². The Bertz CT molecular complexity index is 843. The van der Waals surface area contributed by atoms with Gasteiger partial charge in [0.15, 0.2) is 9.84 Å². The fraction of sp³-hybridized carbons (Fsp3) is 0.353. The number of rotatable bonds is 4. The van der Waals surface area contributed by atoms with Crippen LogP contribution >= 0.6 is 22.9 Å². The Morgan fingerprint density at radius 1 is 1.29 bits per heavy atom. The average Bonchev–Trinajstić information content (AvgIpc) is 3.03. The van der Waals surface area contributed by atoms with Crippen LogP contribution in [0, 0.1) is 0 Å². The number of amides is 1. The molecule has 0 spiro atoms. The fourth-order valence-corrected chi connectivity index (χ4v) is 5.29. The quantitative estimate of drug-likeness (QED) is 0.808. The lowest BCUT2D eigenvalue weighted by Gasteiger charge is -2.33. The van der Waals surface area contributed by atoms with Crippen molar-refractivity contribution in [3.8, 4) is 0 Å². The largest absolute Gasteiger partial charge is 0.336 e. The zero-order chi connectivity index (χ0) is 17.3. The number of carbonyl (C=O) groups excluding carboxylic acids is 1. The molecule has 1 aromatic heterocycles. The zero-order valence-corrected chi connectivity index (χ0v) is 15.6. The smallest absolute Gasteiger partial charge is 0.224 e. The molecular weight excluding hydrogens is 366 g/mol. The normalized spacial score (nSPS) is 17.6. The predicted octanol–water partition coefficient (Wildman–Crippen LogP) is 3.71. The van der Waals surface area contributed by atoms with E-state index in [4.69, 9.17) is 11.6 Å². The summed E-state index contributed by atoms with van der Waals surface area (Å²) in [4.78, 5) is 15.8. The molecule has 2 aromatic rings. The molecular formula is C17H18ClNO3S2. The molecule has 0 radical (unpaired) electrons. The maximum atomic E-state index is 12.5. The van der Waals surface area contributed by atoms with Gasteiger partial charge in [0.1, 0.15) is 0 Å². The van der Waals surface area contributed by atoms with Crippen molar-refractivity contribution in [3.05, 3.63) is 51.2 Å². The van der Waals surface area contributed by atoms with E-state index in [1.165, 1.54) is 22.6 Å². The summed E-state index contributed by atoms with van der Waals surface area (Å²) in [5.74, 6) is -0.301. The molecule has 1 aromatic carbocycles. The first-order chi connectivity index (χ1) is 11.4. The van der Waals surface area contributed by atoms with Gasteiger partial charge in [0, 0.05) is 22.9 Å². The Balaban J connectivity index is 1.66. The zero-order valence-electron chi connectivity index (χ0n) is 13.2. The Labute approximate surface area is 151 Å². The van der Waals surface area contributed by atoms with Gasteiger partial charge in [-0.3, -0.25) is 4.79 Å². The summed E-state index contributed by atoms with van der Waals surface area (Å²) in [5, 5.41) is 2.53. The second kappa shape index (κ2) is 6.86. The maximum absolute atomic E-state index is 12.5. The number of nitrogens with zero attached hydrogens (tertiary/aromatic N) is 1. The first-order valence-electron chi connectivity index (χ1n) is 7.72. The second-order valence-electron chi connectivity index (χ2n) is 5.84. The van der Waals surface area contributed by atoms with Gasteiger partial charge >= 0.3 is 0 Å². The lowest BCUT2D eigenvalue weighted by Crippen LogP contribution is -2.38. The van der Waals surface area contributed by atoms with Crippen molar-refractivity contribution in [2.75, 3.05) is 12.3 Å². The van der Waals surface area contributed by atoms with Gasteiger partial charge < -0.3 is 4.90 Å². The van der Waals surface area contributed by atoms with Crippen LogP contribution in [0.4, 0.5) is 0 Å². The minimum atomic E-state index is -3.48. The highest BCUT2D eigenvalue weighted by atomic mass is 35.5. The van der Waals surface area contributed by atoms with E-state index >= 15 is 0 Å². The van der Waals surface area contributed by atoms with E-state index in [-0.39, 0.29) is 29.0 Å². The molecule has 1 aliphatic heterocycles. The summed E-state index contributed by atoms with van der Waals surface area (Å²) < 4.78 is 24.7. The monoisotopic (exact) mass is 383 g/mol. The predicted molar refractivity (Wildman–Crippen MR) is 96.3 cm³/mol. The summed E-state index contributed by atoms with van der Waals surface area (Å²) in [5.41, 5.74) is 1.18. The van der Waals surface area contributed by atoms with Crippen molar-refractivity contribution in [2.24, 2.45) is 0 Å². The van der Waals surface area contributed by atoms with Crippen LogP contribution in [0.25, 0.3) is 0 Å². The number of carbonyl (C=O) groups is 1. The third-order valence-corrected chi connectivity index (χ3v) is 7.34. The summed E-state index contributed by atoms with van der Waals surface area (Å²) in [6, 6.07) is 8.09. The molecule has 1 aliphatic rings. The molecule has 24 heavy (non-hydrogen) atoms. The van der Waals surface area contributed by atoms with Crippen molar-refractivity contribution in [3.63, 3.8) is 0 Å². The highest BCUT2D eigenvalue weighted by molar-refractivity contribution is 7.91. The summed E-state index contributed by atoms with van der Waals surface area (Å²) in [6.45, 7) is 2.64. The lowest BCUT2D eigenvalue weighted by atomic mass is 10.0. The first-order valence-corrected chi connectivity index (χ1v) is 10.6. The van der Waals surface area contributed by atoms with E-state index in [9.17, 15) is 13.2 Å². The molecule has 0 bridgehead atoms. The summed E-state index contributed by atoms with van der Waals surface area (Å²) >= 11 is 7.50. The van der Waals surface area contributed by atoms with Crippen molar-refractivity contribution < 1.29 is 13.2 Å². The molecule has 0 unspecified atom stereocenters. The van der Waals surface area contributed by atoms with Crippen LogP contribution in [0.5, 0.6) is 0 Å². The van der Waals surface area contributed by atoms with Gasteiger partial charge in [-0.05, 0) is 54.6 Å². The minimum Gasteiger partial charge on any atom is -0.336 e. The molecule has 4 nitrogen and oxygen atoms in total.